The zero-order chi connectivity index (χ0) is 14.8. The molecule has 0 spiro atoms. The first-order valence-corrected chi connectivity index (χ1v) is 6.91. The zero-order valence-corrected chi connectivity index (χ0v) is 11.4. The number of anilines is 1. The fraction of sp³-hybridized carbons (Fsp3) is 0.250. The summed E-state index contributed by atoms with van der Waals surface area (Å²) >= 11 is 0. The number of aromatic nitrogens is 1. The molecule has 2 aromatic rings. The van der Waals surface area contributed by atoms with Crippen molar-refractivity contribution in [2.45, 2.75) is 12.8 Å². The summed E-state index contributed by atoms with van der Waals surface area (Å²) in [5, 5.41) is 21.9. The molecular formula is C16H16N2O3. The monoisotopic (exact) mass is 284 g/mol. The Morgan fingerprint density at radius 1 is 1.29 bits per heavy atom. The topological polar surface area (TPSA) is 82.5 Å². The van der Waals surface area contributed by atoms with Gasteiger partial charge in [0.1, 0.15) is 17.1 Å². The molecule has 21 heavy (non-hydrogen) atoms. The number of benzene rings is 1. The van der Waals surface area contributed by atoms with Gasteiger partial charge in [0.2, 0.25) is 0 Å². The summed E-state index contributed by atoms with van der Waals surface area (Å²) in [4.78, 5) is 15.7. The Kier molecular flexibility index (Phi) is 3.48. The summed E-state index contributed by atoms with van der Waals surface area (Å²) < 4.78 is 0. The number of pyridine rings is 1. The van der Waals surface area contributed by atoms with E-state index in [4.69, 9.17) is 0 Å². The van der Waals surface area contributed by atoms with Crippen molar-refractivity contribution in [3.63, 3.8) is 0 Å². The number of carboxylic acid groups (broad SMARTS) is 1. The molecule has 0 bridgehead atoms. The van der Waals surface area contributed by atoms with Crippen LogP contribution in [0.4, 0.5) is 5.82 Å². The molecule has 108 valence electrons. The van der Waals surface area contributed by atoms with Crippen LogP contribution in [0.2, 0.25) is 0 Å². The minimum Gasteiger partial charge on any atom is -0.508 e. The number of aromatic carboxylic acids is 1. The fourth-order valence-electron chi connectivity index (χ4n) is 2.16. The summed E-state index contributed by atoms with van der Waals surface area (Å²) in [6, 6.07) is 9.95. The Balaban J connectivity index is 1.94. The van der Waals surface area contributed by atoms with Gasteiger partial charge in [-0.2, -0.15) is 0 Å². The highest BCUT2D eigenvalue weighted by Crippen LogP contribution is 2.30. The number of nitrogens with one attached hydrogen (secondary N) is 1. The molecule has 1 saturated carbocycles. The van der Waals surface area contributed by atoms with Gasteiger partial charge in [-0.05, 0) is 43.0 Å². The Morgan fingerprint density at radius 2 is 2.10 bits per heavy atom. The quantitative estimate of drug-likeness (QED) is 0.786. The third-order valence-electron chi connectivity index (χ3n) is 3.52. The molecule has 0 saturated heterocycles. The van der Waals surface area contributed by atoms with Crippen molar-refractivity contribution in [3.05, 3.63) is 42.0 Å². The van der Waals surface area contributed by atoms with Crippen molar-refractivity contribution in [2.24, 2.45) is 5.92 Å². The largest absolute Gasteiger partial charge is 0.508 e. The Labute approximate surface area is 122 Å². The van der Waals surface area contributed by atoms with Gasteiger partial charge < -0.3 is 15.5 Å². The molecule has 0 unspecified atom stereocenters. The molecule has 0 amide bonds. The van der Waals surface area contributed by atoms with Crippen LogP contribution in [0.3, 0.4) is 0 Å². The van der Waals surface area contributed by atoms with Crippen LogP contribution in [-0.4, -0.2) is 27.7 Å². The molecule has 1 aromatic heterocycles. The van der Waals surface area contributed by atoms with Crippen LogP contribution < -0.4 is 5.32 Å². The van der Waals surface area contributed by atoms with Crippen molar-refractivity contribution in [1.29, 1.82) is 0 Å². The van der Waals surface area contributed by atoms with E-state index in [1.54, 1.807) is 30.3 Å². The number of rotatable bonds is 5. The minimum atomic E-state index is -0.997. The van der Waals surface area contributed by atoms with E-state index in [2.05, 4.69) is 10.3 Å². The molecule has 5 heteroatoms. The predicted octanol–water partition coefficient (Wildman–Crippen LogP) is 2.97. The van der Waals surface area contributed by atoms with Gasteiger partial charge in [0.25, 0.3) is 0 Å². The van der Waals surface area contributed by atoms with Gasteiger partial charge >= 0.3 is 5.97 Å². The number of nitrogens with zero attached hydrogens (tertiary/aromatic N) is 1. The molecule has 1 aromatic carbocycles. The standard InChI is InChI=1S/C16H16N2O3/c19-12-3-1-2-11(8-12)14-7-6-13(16(20)21)15(18-14)17-9-10-4-5-10/h1-3,6-8,10,19H,4-5,9H2,(H,17,18)(H,20,21). The molecular weight excluding hydrogens is 268 g/mol. The number of aromatic hydroxyl groups is 1. The lowest BCUT2D eigenvalue weighted by Gasteiger charge is -2.10. The van der Waals surface area contributed by atoms with Gasteiger partial charge in [0.15, 0.2) is 0 Å². The van der Waals surface area contributed by atoms with Gasteiger partial charge in [0.05, 0.1) is 5.69 Å². The minimum absolute atomic E-state index is 0.157. The average Bonchev–Trinajstić information content (AvgIpc) is 3.29. The maximum atomic E-state index is 11.3. The summed E-state index contributed by atoms with van der Waals surface area (Å²) in [6.07, 6.45) is 2.36. The van der Waals surface area contributed by atoms with Gasteiger partial charge in [-0.15, -0.1) is 0 Å². The highest BCUT2D eigenvalue weighted by molar-refractivity contribution is 5.93. The Morgan fingerprint density at radius 3 is 2.76 bits per heavy atom. The van der Waals surface area contributed by atoms with Crippen molar-refractivity contribution < 1.29 is 15.0 Å². The third-order valence-corrected chi connectivity index (χ3v) is 3.52. The highest BCUT2D eigenvalue weighted by atomic mass is 16.4. The van der Waals surface area contributed by atoms with Gasteiger partial charge in [-0.3, -0.25) is 0 Å². The second-order valence-electron chi connectivity index (χ2n) is 5.27. The number of hydrogen-bond acceptors (Lipinski definition) is 4. The van der Waals surface area contributed by atoms with Gasteiger partial charge in [-0.1, -0.05) is 12.1 Å². The van der Waals surface area contributed by atoms with Crippen molar-refractivity contribution in [1.82, 2.24) is 4.98 Å². The fourth-order valence-corrected chi connectivity index (χ4v) is 2.16. The maximum absolute atomic E-state index is 11.3. The van der Waals surface area contributed by atoms with E-state index >= 15 is 0 Å². The summed E-state index contributed by atoms with van der Waals surface area (Å²) in [5.41, 5.74) is 1.55. The first-order valence-electron chi connectivity index (χ1n) is 6.91. The van der Waals surface area contributed by atoms with E-state index in [1.165, 1.54) is 12.8 Å². The van der Waals surface area contributed by atoms with E-state index in [1.807, 2.05) is 6.07 Å². The summed E-state index contributed by atoms with van der Waals surface area (Å²) in [5.74, 6) is 0.167. The van der Waals surface area contributed by atoms with E-state index in [0.29, 0.717) is 17.4 Å². The number of hydrogen-bond donors (Lipinski definition) is 3. The number of phenols is 1. The second kappa shape index (κ2) is 5.44. The summed E-state index contributed by atoms with van der Waals surface area (Å²) in [7, 11) is 0. The lowest BCUT2D eigenvalue weighted by Crippen LogP contribution is -2.11. The van der Waals surface area contributed by atoms with Crippen LogP contribution in [0.5, 0.6) is 5.75 Å². The Bertz CT molecular complexity index is 681. The van der Waals surface area contributed by atoms with Crippen LogP contribution in [0.25, 0.3) is 11.3 Å². The first-order chi connectivity index (χ1) is 10.1. The SMILES string of the molecule is O=C(O)c1ccc(-c2cccc(O)c2)nc1NCC1CC1. The second-order valence-corrected chi connectivity index (χ2v) is 5.27. The van der Waals surface area contributed by atoms with E-state index < -0.39 is 5.97 Å². The number of carbonyl (C=O) groups is 1. The summed E-state index contributed by atoms with van der Waals surface area (Å²) in [6.45, 7) is 0.747. The van der Waals surface area contributed by atoms with Crippen LogP contribution >= 0.6 is 0 Å². The third kappa shape index (κ3) is 3.13. The van der Waals surface area contributed by atoms with Crippen molar-refractivity contribution in [3.8, 4) is 17.0 Å². The first kappa shape index (κ1) is 13.4. The molecule has 1 aliphatic carbocycles. The molecule has 3 rings (SSSR count). The molecule has 0 atom stereocenters. The van der Waals surface area contributed by atoms with E-state index in [0.717, 1.165) is 12.1 Å². The van der Waals surface area contributed by atoms with Gasteiger partial charge in [-0.25, -0.2) is 9.78 Å². The Hall–Kier alpha value is -2.56. The van der Waals surface area contributed by atoms with Crippen LogP contribution in [0, 0.1) is 5.92 Å². The van der Waals surface area contributed by atoms with Crippen LogP contribution in [0.15, 0.2) is 36.4 Å². The zero-order valence-electron chi connectivity index (χ0n) is 11.4. The molecule has 0 radical (unpaired) electrons. The molecule has 5 nitrogen and oxygen atoms in total. The van der Waals surface area contributed by atoms with Crippen LogP contribution in [-0.2, 0) is 0 Å². The molecule has 0 aliphatic heterocycles. The van der Waals surface area contributed by atoms with Gasteiger partial charge in [0, 0.05) is 12.1 Å². The molecule has 1 fully saturated rings. The predicted molar refractivity (Wildman–Crippen MR) is 79.5 cm³/mol. The lowest BCUT2D eigenvalue weighted by molar-refractivity contribution is 0.0697. The van der Waals surface area contributed by atoms with E-state index in [9.17, 15) is 15.0 Å². The smallest absolute Gasteiger partial charge is 0.339 e. The molecule has 3 N–H and O–H groups in total. The van der Waals surface area contributed by atoms with Crippen LogP contribution in [0.1, 0.15) is 23.2 Å². The highest BCUT2D eigenvalue weighted by Gasteiger charge is 2.22. The van der Waals surface area contributed by atoms with E-state index in [-0.39, 0.29) is 11.3 Å². The number of phenolic OH excluding ortho intramolecular Hbond substituents is 1. The lowest BCUT2D eigenvalue weighted by atomic mass is 10.1. The van der Waals surface area contributed by atoms with Crippen molar-refractivity contribution >= 4 is 11.8 Å². The number of carboxylic acids is 1. The maximum Gasteiger partial charge on any atom is 0.339 e. The molecule has 1 aliphatic rings. The average molecular weight is 284 g/mol. The normalized spacial score (nSPS) is 13.9. The molecule has 1 heterocycles. The van der Waals surface area contributed by atoms with Crippen molar-refractivity contribution in [2.75, 3.05) is 11.9 Å².